The zero-order valence-corrected chi connectivity index (χ0v) is 9.70. The summed E-state index contributed by atoms with van der Waals surface area (Å²) in [5.74, 6) is 1.18. The Morgan fingerprint density at radius 1 is 1.62 bits per heavy atom. The molecule has 1 heterocycles. The van der Waals surface area contributed by atoms with E-state index in [0.29, 0.717) is 18.3 Å². The quantitative estimate of drug-likeness (QED) is 0.565. The molecule has 0 spiro atoms. The molecular weight excluding hydrogens is 200 g/mol. The predicted octanol–water partition coefficient (Wildman–Crippen LogP) is 2.99. The van der Waals surface area contributed by atoms with E-state index in [1.165, 1.54) is 0 Å². The molecule has 1 rings (SSSR count). The van der Waals surface area contributed by atoms with E-state index in [0.717, 1.165) is 25.0 Å². The van der Waals surface area contributed by atoms with Gasteiger partial charge in [0.2, 0.25) is 5.76 Å². The van der Waals surface area contributed by atoms with Gasteiger partial charge in [0, 0.05) is 6.04 Å². The van der Waals surface area contributed by atoms with E-state index in [9.17, 15) is 0 Å². The van der Waals surface area contributed by atoms with Crippen molar-refractivity contribution >= 4 is 0 Å². The lowest BCUT2D eigenvalue weighted by molar-refractivity contribution is 0.434. The van der Waals surface area contributed by atoms with Gasteiger partial charge in [0.05, 0.1) is 6.54 Å². The Balaban J connectivity index is 2.23. The van der Waals surface area contributed by atoms with Gasteiger partial charge in [0.1, 0.15) is 11.8 Å². The van der Waals surface area contributed by atoms with Crippen LogP contribution in [-0.2, 0) is 6.54 Å². The van der Waals surface area contributed by atoms with Crippen LogP contribution in [0.4, 0.5) is 0 Å². The van der Waals surface area contributed by atoms with E-state index >= 15 is 0 Å². The largest absolute Gasteiger partial charge is 0.449 e. The monoisotopic (exact) mass is 218 g/mol. The smallest absolute Gasteiger partial charge is 0.203 e. The minimum atomic E-state index is 0.371. The summed E-state index contributed by atoms with van der Waals surface area (Å²) in [6.45, 7) is 6.52. The van der Waals surface area contributed by atoms with Crippen molar-refractivity contribution in [3.63, 3.8) is 0 Å². The summed E-state index contributed by atoms with van der Waals surface area (Å²) in [4.78, 5) is 0. The van der Waals surface area contributed by atoms with Crippen LogP contribution in [0.5, 0.6) is 0 Å². The van der Waals surface area contributed by atoms with Crippen LogP contribution in [0, 0.1) is 11.3 Å². The van der Waals surface area contributed by atoms with Gasteiger partial charge < -0.3 is 9.73 Å². The van der Waals surface area contributed by atoms with Crippen LogP contribution >= 0.6 is 0 Å². The number of nitrogens with one attached hydrogen (secondary N) is 1. The third kappa shape index (κ3) is 4.33. The standard InChI is InChI=1S/C13H18N2O/c1-3-4-5-6-11(2)15-10-13-8-7-12(9-14)16-13/h3,7-8,11,15H,1,4-6,10H2,2H3. The Hall–Kier alpha value is -1.53. The second-order valence-corrected chi connectivity index (χ2v) is 3.88. The number of allylic oxidation sites excluding steroid dienone is 1. The van der Waals surface area contributed by atoms with Gasteiger partial charge in [-0.15, -0.1) is 6.58 Å². The molecule has 0 amide bonds. The Bertz CT molecular complexity index is 362. The molecule has 16 heavy (non-hydrogen) atoms. The highest BCUT2D eigenvalue weighted by Gasteiger charge is 2.04. The Labute approximate surface area is 96.8 Å². The van der Waals surface area contributed by atoms with Crippen LogP contribution in [0.15, 0.2) is 29.2 Å². The van der Waals surface area contributed by atoms with Crippen molar-refractivity contribution in [2.45, 2.75) is 38.8 Å². The van der Waals surface area contributed by atoms with Gasteiger partial charge in [-0.05, 0) is 38.3 Å². The lowest BCUT2D eigenvalue weighted by Crippen LogP contribution is -2.25. The lowest BCUT2D eigenvalue weighted by atomic mass is 10.1. The van der Waals surface area contributed by atoms with Gasteiger partial charge in [0.25, 0.3) is 0 Å². The van der Waals surface area contributed by atoms with Crippen LogP contribution in [0.3, 0.4) is 0 Å². The van der Waals surface area contributed by atoms with Crippen LogP contribution in [-0.4, -0.2) is 6.04 Å². The second-order valence-electron chi connectivity index (χ2n) is 3.88. The zero-order chi connectivity index (χ0) is 11.8. The molecule has 3 nitrogen and oxygen atoms in total. The van der Waals surface area contributed by atoms with Gasteiger partial charge in [0.15, 0.2) is 0 Å². The molecule has 3 heteroatoms. The summed E-state index contributed by atoms with van der Waals surface area (Å²) in [6, 6.07) is 5.95. The molecule has 0 aliphatic rings. The minimum Gasteiger partial charge on any atom is -0.449 e. The number of nitrogens with zero attached hydrogens (tertiary/aromatic N) is 1. The molecule has 1 N–H and O–H groups in total. The van der Waals surface area contributed by atoms with Crippen molar-refractivity contribution in [1.82, 2.24) is 5.32 Å². The molecule has 86 valence electrons. The average molecular weight is 218 g/mol. The molecule has 1 unspecified atom stereocenters. The van der Waals surface area contributed by atoms with Crippen LogP contribution in [0.2, 0.25) is 0 Å². The van der Waals surface area contributed by atoms with Gasteiger partial charge in [-0.2, -0.15) is 5.26 Å². The predicted molar refractivity (Wildman–Crippen MR) is 63.8 cm³/mol. The third-order valence-corrected chi connectivity index (χ3v) is 2.44. The summed E-state index contributed by atoms with van der Waals surface area (Å²) in [5, 5.41) is 12.0. The Kier molecular flexibility index (Phi) is 5.38. The third-order valence-electron chi connectivity index (χ3n) is 2.44. The highest BCUT2D eigenvalue weighted by molar-refractivity contribution is 5.18. The normalized spacial score (nSPS) is 12.0. The Morgan fingerprint density at radius 2 is 2.44 bits per heavy atom. The number of hydrogen-bond acceptors (Lipinski definition) is 3. The molecule has 0 bridgehead atoms. The summed E-state index contributed by atoms with van der Waals surface area (Å²) in [6.07, 6.45) is 5.28. The van der Waals surface area contributed by atoms with Crippen molar-refractivity contribution in [3.8, 4) is 6.07 Å². The van der Waals surface area contributed by atoms with E-state index in [1.807, 2.05) is 18.2 Å². The van der Waals surface area contributed by atoms with E-state index in [2.05, 4.69) is 18.8 Å². The first-order valence-corrected chi connectivity index (χ1v) is 5.59. The van der Waals surface area contributed by atoms with E-state index in [4.69, 9.17) is 9.68 Å². The fraction of sp³-hybridized carbons (Fsp3) is 0.462. The van der Waals surface area contributed by atoms with Crippen molar-refractivity contribution in [2.75, 3.05) is 0 Å². The minimum absolute atomic E-state index is 0.371. The fourth-order valence-corrected chi connectivity index (χ4v) is 1.48. The van der Waals surface area contributed by atoms with Crippen LogP contribution < -0.4 is 5.32 Å². The van der Waals surface area contributed by atoms with Crippen molar-refractivity contribution in [1.29, 1.82) is 5.26 Å². The molecule has 1 aromatic rings. The van der Waals surface area contributed by atoms with Gasteiger partial charge in [-0.1, -0.05) is 6.08 Å². The molecule has 0 radical (unpaired) electrons. The summed E-state index contributed by atoms with van der Waals surface area (Å²) in [5.41, 5.74) is 0. The maximum Gasteiger partial charge on any atom is 0.203 e. The topological polar surface area (TPSA) is 49.0 Å². The maximum absolute atomic E-state index is 8.60. The second kappa shape index (κ2) is 6.86. The number of rotatable bonds is 7. The highest BCUT2D eigenvalue weighted by Crippen LogP contribution is 2.07. The average Bonchev–Trinajstić information content (AvgIpc) is 2.74. The molecule has 0 saturated carbocycles. The highest BCUT2D eigenvalue weighted by atomic mass is 16.3. The molecule has 0 aliphatic carbocycles. The van der Waals surface area contributed by atoms with Gasteiger partial charge >= 0.3 is 0 Å². The zero-order valence-electron chi connectivity index (χ0n) is 9.70. The van der Waals surface area contributed by atoms with Gasteiger partial charge in [-0.3, -0.25) is 0 Å². The number of nitriles is 1. The number of unbranched alkanes of at least 4 members (excludes halogenated alkanes) is 1. The van der Waals surface area contributed by atoms with Crippen molar-refractivity contribution in [3.05, 3.63) is 36.3 Å². The number of hydrogen-bond donors (Lipinski definition) is 1. The first-order valence-electron chi connectivity index (χ1n) is 5.59. The summed E-state index contributed by atoms with van der Waals surface area (Å²) >= 11 is 0. The first-order chi connectivity index (χ1) is 7.76. The lowest BCUT2D eigenvalue weighted by Gasteiger charge is -2.11. The van der Waals surface area contributed by atoms with Crippen LogP contribution in [0.25, 0.3) is 0 Å². The molecule has 0 aromatic carbocycles. The summed E-state index contributed by atoms with van der Waals surface area (Å²) in [7, 11) is 0. The first kappa shape index (κ1) is 12.5. The van der Waals surface area contributed by atoms with E-state index < -0.39 is 0 Å². The SMILES string of the molecule is C=CCCCC(C)NCc1ccc(C#N)o1. The Morgan fingerprint density at radius 3 is 3.06 bits per heavy atom. The van der Waals surface area contributed by atoms with Crippen molar-refractivity contribution < 1.29 is 4.42 Å². The molecule has 1 aromatic heterocycles. The molecule has 0 aliphatic heterocycles. The van der Waals surface area contributed by atoms with Gasteiger partial charge in [-0.25, -0.2) is 0 Å². The molecule has 1 atom stereocenters. The maximum atomic E-state index is 8.60. The van der Waals surface area contributed by atoms with E-state index in [1.54, 1.807) is 6.07 Å². The molecule has 0 fully saturated rings. The number of furan rings is 1. The summed E-state index contributed by atoms with van der Waals surface area (Å²) < 4.78 is 5.27. The van der Waals surface area contributed by atoms with Crippen LogP contribution in [0.1, 0.15) is 37.7 Å². The molecule has 0 saturated heterocycles. The van der Waals surface area contributed by atoms with Crippen molar-refractivity contribution in [2.24, 2.45) is 0 Å². The molecular formula is C13H18N2O. The fourth-order valence-electron chi connectivity index (χ4n) is 1.48. The van der Waals surface area contributed by atoms with E-state index in [-0.39, 0.29) is 0 Å².